The average Bonchev–Trinajstić information content (AvgIpc) is 2.39. The summed E-state index contributed by atoms with van der Waals surface area (Å²) in [4.78, 5) is 15.3. The maximum Gasteiger partial charge on any atom is 0.203 e. The average molecular weight is 238 g/mol. The normalized spacial score (nSPS) is 11.0. The third-order valence-electron chi connectivity index (χ3n) is 2.36. The van der Waals surface area contributed by atoms with Gasteiger partial charge in [-0.3, -0.25) is 15.2 Å². The molecule has 0 amide bonds. The Kier molecular flexibility index (Phi) is 3.30. The Hall–Kier alpha value is -2.74. The fourth-order valence-electron chi connectivity index (χ4n) is 1.49. The van der Waals surface area contributed by atoms with Gasteiger partial charge in [-0.25, -0.2) is 0 Å². The first-order chi connectivity index (χ1) is 8.72. The van der Waals surface area contributed by atoms with E-state index in [1.165, 1.54) is 6.92 Å². The van der Waals surface area contributed by atoms with Gasteiger partial charge in [-0.2, -0.15) is 10.4 Å². The van der Waals surface area contributed by atoms with Crippen molar-refractivity contribution >= 4 is 28.1 Å². The number of fused-ring (bicyclic) bond motifs is 1. The number of pyridine rings is 1. The molecule has 1 aromatic heterocycles. The van der Waals surface area contributed by atoms with Gasteiger partial charge in [0.2, 0.25) is 5.71 Å². The van der Waals surface area contributed by atoms with Gasteiger partial charge in [0.1, 0.15) is 6.07 Å². The predicted molar refractivity (Wildman–Crippen MR) is 69.1 cm³/mol. The van der Waals surface area contributed by atoms with Crippen LogP contribution in [0.3, 0.4) is 0 Å². The Morgan fingerprint density at radius 1 is 1.39 bits per heavy atom. The number of ketones is 1. The molecule has 1 heterocycles. The molecule has 0 aliphatic rings. The number of hydrogen-bond donors (Lipinski definition) is 1. The lowest BCUT2D eigenvalue weighted by atomic mass is 10.2. The summed E-state index contributed by atoms with van der Waals surface area (Å²) >= 11 is 0. The standard InChI is InChI=1S/C13H10N4O/c1-9(18)12(8-14)17-16-11-6-2-4-10-5-3-7-15-13(10)11/h2-7,16H,1H3. The summed E-state index contributed by atoms with van der Waals surface area (Å²) in [5.41, 5.74) is 3.93. The van der Waals surface area contributed by atoms with Crippen LogP contribution in [0.25, 0.3) is 10.9 Å². The summed E-state index contributed by atoms with van der Waals surface area (Å²) in [6.07, 6.45) is 1.67. The van der Waals surface area contributed by atoms with E-state index in [9.17, 15) is 4.79 Å². The van der Waals surface area contributed by atoms with Crippen LogP contribution >= 0.6 is 0 Å². The van der Waals surface area contributed by atoms with Crippen molar-refractivity contribution in [1.82, 2.24) is 4.98 Å². The first kappa shape index (κ1) is 11.7. The lowest BCUT2D eigenvalue weighted by molar-refractivity contribution is -0.110. The van der Waals surface area contributed by atoms with Crippen LogP contribution in [0.15, 0.2) is 41.6 Å². The van der Waals surface area contributed by atoms with Crippen molar-refractivity contribution in [3.05, 3.63) is 36.5 Å². The van der Waals surface area contributed by atoms with E-state index >= 15 is 0 Å². The molecule has 1 N–H and O–H groups in total. The van der Waals surface area contributed by atoms with Crippen LogP contribution in [0, 0.1) is 11.3 Å². The molecule has 0 saturated carbocycles. The van der Waals surface area contributed by atoms with Gasteiger partial charge in [0.15, 0.2) is 5.78 Å². The third-order valence-corrected chi connectivity index (χ3v) is 2.36. The van der Waals surface area contributed by atoms with Crippen molar-refractivity contribution < 1.29 is 4.79 Å². The number of aromatic nitrogens is 1. The molecule has 0 aliphatic heterocycles. The number of nitriles is 1. The molecule has 5 heteroatoms. The summed E-state index contributed by atoms with van der Waals surface area (Å²) in [5.74, 6) is -0.377. The summed E-state index contributed by atoms with van der Waals surface area (Å²) in [6.45, 7) is 1.30. The van der Waals surface area contributed by atoms with E-state index in [0.717, 1.165) is 10.9 Å². The van der Waals surface area contributed by atoms with Crippen LogP contribution in [0.2, 0.25) is 0 Å². The van der Waals surface area contributed by atoms with E-state index in [-0.39, 0.29) is 11.5 Å². The van der Waals surface area contributed by atoms with Gasteiger partial charge in [0, 0.05) is 18.5 Å². The molecule has 88 valence electrons. The fourth-order valence-corrected chi connectivity index (χ4v) is 1.49. The van der Waals surface area contributed by atoms with Gasteiger partial charge in [0.05, 0.1) is 11.2 Å². The Labute approximate surface area is 104 Å². The highest BCUT2D eigenvalue weighted by Gasteiger charge is 2.05. The molecule has 2 rings (SSSR count). The number of rotatable bonds is 3. The van der Waals surface area contributed by atoms with Crippen LogP contribution in [0.5, 0.6) is 0 Å². The van der Waals surface area contributed by atoms with E-state index < -0.39 is 0 Å². The molecule has 0 fully saturated rings. The molecule has 0 saturated heterocycles. The number of nitrogens with zero attached hydrogens (tertiary/aromatic N) is 3. The Bertz CT molecular complexity index is 665. The highest BCUT2D eigenvalue weighted by atomic mass is 16.1. The maximum atomic E-state index is 11.1. The Morgan fingerprint density at radius 2 is 2.17 bits per heavy atom. The smallest absolute Gasteiger partial charge is 0.203 e. The summed E-state index contributed by atoms with van der Waals surface area (Å²) < 4.78 is 0. The van der Waals surface area contributed by atoms with E-state index in [2.05, 4.69) is 15.5 Å². The zero-order valence-corrected chi connectivity index (χ0v) is 9.71. The highest BCUT2D eigenvalue weighted by Crippen LogP contribution is 2.20. The minimum Gasteiger partial charge on any atom is -0.292 e. The maximum absolute atomic E-state index is 11.1. The number of nitrogens with one attached hydrogen (secondary N) is 1. The zero-order valence-electron chi connectivity index (χ0n) is 9.71. The predicted octanol–water partition coefficient (Wildman–Crippen LogP) is 2.12. The molecule has 0 spiro atoms. The van der Waals surface area contributed by atoms with Crippen molar-refractivity contribution in [3.63, 3.8) is 0 Å². The van der Waals surface area contributed by atoms with E-state index in [0.29, 0.717) is 5.69 Å². The van der Waals surface area contributed by atoms with Gasteiger partial charge < -0.3 is 0 Å². The molecule has 2 aromatic rings. The SMILES string of the molecule is CC(=O)C(C#N)=NNc1cccc2cccnc12. The number of para-hydroxylation sites is 1. The molecule has 0 radical (unpaired) electrons. The van der Waals surface area contributed by atoms with Crippen molar-refractivity contribution in [2.45, 2.75) is 6.92 Å². The summed E-state index contributed by atoms with van der Waals surface area (Å²) in [6, 6.07) is 11.1. The van der Waals surface area contributed by atoms with Crippen molar-refractivity contribution in [3.8, 4) is 6.07 Å². The number of carbonyl (C=O) groups is 1. The fraction of sp³-hybridized carbons (Fsp3) is 0.0769. The first-order valence-corrected chi connectivity index (χ1v) is 5.31. The second-order valence-electron chi connectivity index (χ2n) is 3.62. The molecule has 18 heavy (non-hydrogen) atoms. The minimum absolute atomic E-state index is 0.164. The van der Waals surface area contributed by atoms with Crippen LogP contribution < -0.4 is 5.43 Å². The molecular weight excluding hydrogens is 228 g/mol. The van der Waals surface area contributed by atoms with Crippen LogP contribution in [-0.2, 0) is 4.79 Å². The number of Topliss-reactive ketones (excluding diaryl/α,β-unsaturated/α-hetero) is 1. The molecule has 5 nitrogen and oxygen atoms in total. The monoisotopic (exact) mass is 238 g/mol. The van der Waals surface area contributed by atoms with Gasteiger partial charge in [0.25, 0.3) is 0 Å². The lowest BCUT2D eigenvalue weighted by Gasteiger charge is -2.04. The Balaban J connectivity index is 2.39. The molecular formula is C13H10N4O. The number of hydrazone groups is 1. The third kappa shape index (κ3) is 2.33. The largest absolute Gasteiger partial charge is 0.292 e. The van der Waals surface area contributed by atoms with Crippen molar-refractivity contribution in [1.29, 1.82) is 5.26 Å². The second kappa shape index (κ2) is 5.06. The number of benzene rings is 1. The Morgan fingerprint density at radius 3 is 2.89 bits per heavy atom. The van der Waals surface area contributed by atoms with Gasteiger partial charge in [-0.15, -0.1) is 0 Å². The zero-order chi connectivity index (χ0) is 13.0. The number of anilines is 1. The second-order valence-corrected chi connectivity index (χ2v) is 3.62. The molecule has 0 aliphatic carbocycles. The summed E-state index contributed by atoms with van der Waals surface area (Å²) in [7, 11) is 0. The van der Waals surface area contributed by atoms with Crippen LogP contribution in [-0.4, -0.2) is 16.5 Å². The van der Waals surface area contributed by atoms with Crippen molar-refractivity contribution in [2.75, 3.05) is 5.43 Å². The molecule has 0 bridgehead atoms. The van der Waals surface area contributed by atoms with E-state index in [1.807, 2.05) is 24.3 Å². The minimum atomic E-state index is -0.377. The van der Waals surface area contributed by atoms with Crippen LogP contribution in [0.4, 0.5) is 5.69 Å². The number of hydrogen-bond acceptors (Lipinski definition) is 5. The molecule has 1 aromatic carbocycles. The topological polar surface area (TPSA) is 78.1 Å². The van der Waals surface area contributed by atoms with E-state index in [1.54, 1.807) is 18.3 Å². The van der Waals surface area contributed by atoms with Gasteiger partial charge in [-0.05, 0) is 12.1 Å². The molecule has 0 atom stereocenters. The van der Waals surface area contributed by atoms with E-state index in [4.69, 9.17) is 5.26 Å². The molecule has 0 unspecified atom stereocenters. The first-order valence-electron chi connectivity index (χ1n) is 5.31. The van der Waals surface area contributed by atoms with Gasteiger partial charge in [-0.1, -0.05) is 18.2 Å². The summed E-state index contributed by atoms with van der Waals surface area (Å²) in [5, 5.41) is 13.5. The van der Waals surface area contributed by atoms with Crippen LogP contribution in [0.1, 0.15) is 6.92 Å². The number of carbonyl (C=O) groups excluding carboxylic acids is 1. The van der Waals surface area contributed by atoms with Gasteiger partial charge >= 0.3 is 0 Å². The quantitative estimate of drug-likeness (QED) is 0.656. The van der Waals surface area contributed by atoms with Crippen molar-refractivity contribution in [2.24, 2.45) is 5.10 Å². The lowest BCUT2D eigenvalue weighted by Crippen LogP contribution is -2.09. The highest BCUT2D eigenvalue weighted by molar-refractivity contribution is 6.45.